The molecule has 6 nitrogen and oxygen atoms in total. The van der Waals surface area contributed by atoms with Crippen LogP contribution in [0, 0.1) is 5.41 Å². The first-order valence-corrected chi connectivity index (χ1v) is 10.3. The predicted octanol–water partition coefficient (Wildman–Crippen LogP) is 4.11. The molecule has 0 bridgehead atoms. The Hall–Kier alpha value is -2.54. The van der Waals surface area contributed by atoms with E-state index in [0.717, 1.165) is 37.1 Å². The highest BCUT2D eigenvalue weighted by Crippen LogP contribution is 2.39. The fraction of sp³-hybridized carbons (Fsp3) is 0.500. The Kier molecular flexibility index (Phi) is 5.25. The summed E-state index contributed by atoms with van der Waals surface area (Å²) in [6, 6.07) is 5.61. The lowest BCUT2D eigenvalue weighted by Crippen LogP contribution is -2.24. The van der Waals surface area contributed by atoms with Crippen molar-refractivity contribution in [2.45, 2.75) is 59.7 Å². The molecule has 0 unspecified atom stereocenters. The molecule has 154 valence electrons. The minimum atomic E-state index is -0.591. The largest absolute Gasteiger partial charge is 0.332 e. The second-order valence-corrected chi connectivity index (χ2v) is 8.52. The van der Waals surface area contributed by atoms with E-state index in [9.17, 15) is 4.39 Å². The molecule has 0 radical (unpaired) electrons. The lowest BCUT2D eigenvalue weighted by atomic mass is 9.76. The van der Waals surface area contributed by atoms with Crippen molar-refractivity contribution >= 4 is 0 Å². The van der Waals surface area contributed by atoms with Gasteiger partial charge in [0.25, 0.3) is 5.89 Å². The maximum Gasteiger partial charge on any atom is 0.279 e. The van der Waals surface area contributed by atoms with Crippen molar-refractivity contribution < 1.29 is 8.91 Å². The van der Waals surface area contributed by atoms with E-state index in [4.69, 9.17) is 15.4 Å². The van der Waals surface area contributed by atoms with Crippen molar-refractivity contribution in [3.8, 4) is 23.0 Å². The third kappa shape index (κ3) is 3.71. The van der Waals surface area contributed by atoms with Crippen LogP contribution in [0.5, 0.6) is 0 Å². The van der Waals surface area contributed by atoms with Crippen LogP contribution in [0.15, 0.2) is 22.7 Å². The first-order chi connectivity index (χ1) is 14.0. The van der Waals surface area contributed by atoms with E-state index in [2.05, 4.69) is 30.9 Å². The second kappa shape index (κ2) is 7.71. The Balaban J connectivity index is 1.72. The SMILES string of the molecule is CCn1nc(-c2nc(-c3ccc(CCN)cc3CF)no2)c2c1CC(C)(C)CC2. The lowest BCUT2D eigenvalue weighted by molar-refractivity contribution is 0.304. The van der Waals surface area contributed by atoms with Gasteiger partial charge in [-0.1, -0.05) is 37.2 Å². The van der Waals surface area contributed by atoms with Crippen LogP contribution in [0.1, 0.15) is 49.6 Å². The standard InChI is InChI=1S/C22H28FN5O/c1-4-28-18-12-22(2,3)9-7-17(18)19(26-28)21-25-20(27-29-21)16-6-5-14(8-10-24)11-15(16)13-23/h5-6,11H,4,7-10,12-13,24H2,1-3H3. The molecule has 0 spiro atoms. The number of fused-ring (bicyclic) bond motifs is 1. The third-order valence-corrected chi connectivity index (χ3v) is 5.78. The van der Waals surface area contributed by atoms with E-state index in [1.807, 2.05) is 22.9 Å². The maximum atomic E-state index is 13.6. The average molecular weight is 397 g/mol. The van der Waals surface area contributed by atoms with E-state index in [1.54, 1.807) is 0 Å². The van der Waals surface area contributed by atoms with E-state index in [0.29, 0.717) is 35.8 Å². The lowest BCUT2D eigenvalue weighted by Gasteiger charge is -2.30. The number of benzene rings is 1. The number of hydrogen-bond donors (Lipinski definition) is 1. The molecule has 0 saturated heterocycles. The number of rotatable bonds is 6. The molecule has 0 fully saturated rings. The molecule has 1 aromatic carbocycles. The van der Waals surface area contributed by atoms with Gasteiger partial charge in [-0.3, -0.25) is 4.68 Å². The molecule has 0 amide bonds. The van der Waals surface area contributed by atoms with Gasteiger partial charge in [0.1, 0.15) is 6.67 Å². The Bertz CT molecular complexity index is 1020. The molecular weight excluding hydrogens is 369 g/mol. The van der Waals surface area contributed by atoms with Crippen LogP contribution in [-0.2, 0) is 32.5 Å². The highest BCUT2D eigenvalue weighted by Gasteiger charge is 2.32. The summed E-state index contributed by atoms with van der Waals surface area (Å²) >= 11 is 0. The summed E-state index contributed by atoms with van der Waals surface area (Å²) in [6.07, 6.45) is 3.73. The number of nitrogens with zero attached hydrogens (tertiary/aromatic N) is 4. The fourth-order valence-corrected chi connectivity index (χ4v) is 4.16. The summed E-state index contributed by atoms with van der Waals surface area (Å²) in [4.78, 5) is 4.58. The average Bonchev–Trinajstić information content (AvgIpc) is 3.31. The molecule has 0 aliphatic heterocycles. The first-order valence-electron chi connectivity index (χ1n) is 10.3. The van der Waals surface area contributed by atoms with E-state index < -0.39 is 6.67 Å². The van der Waals surface area contributed by atoms with E-state index in [-0.39, 0.29) is 5.41 Å². The normalized spacial score (nSPS) is 15.5. The van der Waals surface area contributed by atoms with Crippen LogP contribution in [-0.4, -0.2) is 26.5 Å². The van der Waals surface area contributed by atoms with Gasteiger partial charge in [-0.25, -0.2) is 4.39 Å². The molecule has 0 atom stereocenters. The van der Waals surface area contributed by atoms with Crippen LogP contribution in [0.3, 0.4) is 0 Å². The number of hydrogen-bond acceptors (Lipinski definition) is 5. The van der Waals surface area contributed by atoms with Crippen LogP contribution in [0.4, 0.5) is 4.39 Å². The molecule has 2 N–H and O–H groups in total. The van der Waals surface area contributed by atoms with Crippen LogP contribution in [0.25, 0.3) is 23.0 Å². The summed E-state index contributed by atoms with van der Waals surface area (Å²) in [7, 11) is 0. The predicted molar refractivity (Wildman–Crippen MR) is 110 cm³/mol. The highest BCUT2D eigenvalue weighted by atomic mass is 19.1. The molecule has 1 aliphatic carbocycles. The molecular formula is C22H28FN5O. The molecule has 4 rings (SSSR count). The van der Waals surface area contributed by atoms with Gasteiger partial charge in [0.2, 0.25) is 5.82 Å². The minimum Gasteiger partial charge on any atom is -0.332 e. The van der Waals surface area contributed by atoms with Crippen molar-refractivity contribution in [2.75, 3.05) is 6.54 Å². The van der Waals surface area contributed by atoms with E-state index in [1.165, 1.54) is 11.3 Å². The van der Waals surface area contributed by atoms with Gasteiger partial charge in [-0.15, -0.1) is 0 Å². The van der Waals surface area contributed by atoms with Crippen molar-refractivity contribution in [1.29, 1.82) is 0 Å². The van der Waals surface area contributed by atoms with Gasteiger partial charge in [-0.05, 0) is 55.7 Å². The van der Waals surface area contributed by atoms with E-state index >= 15 is 0 Å². The summed E-state index contributed by atoms with van der Waals surface area (Å²) in [6.45, 7) is 7.41. The number of aromatic nitrogens is 4. The zero-order valence-electron chi connectivity index (χ0n) is 17.3. The van der Waals surface area contributed by atoms with Crippen LogP contribution >= 0.6 is 0 Å². The van der Waals surface area contributed by atoms with Gasteiger partial charge in [-0.2, -0.15) is 10.1 Å². The summed E-state index contributed by atoms with van der Waals surface area (Å²) in [5.41, 5.74) is 11.3. The smallest absolute Gasteiger partial charge is 0.279 e. The van der Waals surface area contributed by atoms with Gasteiger partial charge < -0.3 is 10.3 Å². The van der Waals surface area contributed by atoms with Crippen LogP contribution < -0.4 is 5.73 Å². The Morgan fingerprint density at radius 1 is 1.31 bits per heavy atom. The van der Waals surface area contributed by atoms with Crippen molar-refractivity contribution in [3.05, 3.63) is 40.6 Å². The zero-order valence-corrected chi connectivity index (χ0v) is 17.3. The summed E-state index contributed by atoms with van der Waals surface area (Å²) in [5.74, 6) is 0.793. The first kappa shape index (κ1) is 19.8. The number of halogens is 1. The summed E-state index contributed by atoms with van der Waals surface area (Å²) in [5, 5.41) is 8.90. The molecule has 0 saturated carbocycles. The Morgan fingerprint density at radius 2 is 2.14 bits per heavy atom. The number of aryl methyl sites for hydroxylation is 1. The van der Waals surface area contributed by atoms with Gasteiger partial charge in [0.05, 0.1) is 0 Å². The molecule has 3 aromatic rings. The number of alkyl halides is 1. The molecule has 2 aromatic heterocycles. The molecule has 29 heavy (non-hydrogen) atoms. The van der Waals surface area contributed by atoms with Gasteiger partial charge in [0, 0.05) is 23.4 Å². The monoisotopic (exact) mass is 397 g/mol. The van der Waals surface area contributed by atoms with Crippen LogP contribution in [0.2, 0.25) is 0 Å². The zero-order chi connectivity index (χ0) is 20.6. The van der Waals surface area contributed by atoms with Crippen molar-refractivity contribution in [1.82, 2.24) is 19.9 Å². The summed E-state index contributed by atoms with van der Waals surface area (Å²) < 4.78 is 21.3. The fourth-order valence-electron chi connectivity index (χ4n) is 4.16. The third-order valence-electron chi connectivity index (χ3n) is 5.78. The molecule has 7 heteroatoms. The van der Waals surface area contributed by atoms with Gasteiger partial charge >= 0.3 is 0 Å². The maximum absolute atomic E-state index is 13.6. The quantitative estimate of drug-likeness (QED) is 0.677. The van der Waals surface area contributed by atoms with Crippen molar-refractivity contribution in [2.24, 2.45) is 11.1 Å². The second-order valence-electron chi connectivity index (χ2n) is 8.52. The topological polar surface area (TPSA) is 82.8 Å². The van der Waals surface area contributed by atoms with Gasteiger partial charge in [0.15, 0.2) is 5.69 Å². The molecule has 2 heterocycles. The van der Waals surface area contributed by atoms with Crippen molar-refractivity contribution in [3.63, 3.8) is 0 Å². The highest BCUT2D eigenvalue weighted by molar-refractivity contribution is 5.64. The Labute approximate surface area is 170 Å². The molecule has 1 aliphatic rings. The number of nitrogens with two attached hydrogens (primary N) is 1. The Morgan fingerprint density at radius 3 is 2.86 bits per heavy atom. The minimum absolute atomic E-state index is 0.262.